The molecule has 1 fully saturated rings. The predicted octanol–water partition coefficient (Wildman–Crippen LogP) is 2.10. The van der Waals surface area contributed by atoms with Gasteiger partial charge in [0, 0.05) is 25.5 Å². The molecule has 3 rings (SSSR count). The van der Waals surface area contributed by atoms with Crippen LogP contribution in [0.25, 0.3) is 10.9 Å². The van der Waals surface area contributed by atoms with Gasteiger partial charge >= 0.3 is 6.03 Å². The van der Waals surface area contributed by atoms with E-state index < -0.39 is 0 Å². The standard InChI is InChI=1S/C14H15N3O/c1-16-8-9-17(14(16)18)10-12-7-6-11-4-2-3-5-13(11)15-12/h2-7H,8-10H2,1H3. The van der Waals surface area contributed by atoms with E-state index in [0.717, 1.165) is 29.7 Å². The highest BCUT2D eigenvalue weighted by molar-refractivity contribution is 5.79. The van der Waals surface area contributed by atoms with Gasteiger partial charge in [0.15, 0.2) is 0 Å². The summed E-state index contributed by atoms with van der Waals surface area (Å²) in [5.74, 6) is 0. The number of likely N-dealkylation sites (N-methyl/N-ethyl adjacent to an activating group) is 1. The summed E-state index contributed by atoms with van der Waals surface area (Å²) in [6.45, 7) is 2.17. The molecule has 4 nitrogen and oxygen atoms in total. The lowest BCUT2D eigenvalue weighted by Gasteiger charge is -2.15. The molecule has 2 heterocycles. The van der Waals surface area contributed by atoms with Gasteiger partial charge in [-0.2, -0.15) is 0 Å². The van der Waals surface area contributed by atoms with Crippen LogP contribution in [0, 0.1) is 0 Å². The second-order valence-electron chi connectivity index (χ2n) is 4.62. The Bertz CT molecular complexity index is 596. The Morgan fingerprint density at radius 1 is 1.17 bits per heavy atom. The zero-order valence-electron chi connectivity index (χ0n) is 10.3. The van der Waals surface area contributed by atoms with E-state index in [-0.39, 0.29) is 6.03 Å². The van der Waals surface area contributed by atoms with Gasteiger partial charge in [0.1, 0.15) is 0 Å². The van der Waals surface area contributed by atoms with Crippen molar-refractivity contribution < 1.29 is 4.79 Å². The fourth-order valence-corrected chi connectivity index (χ4v) is 2.24. The van der Waals surface area contributed by atoms with E-state index in [1.807, 2.05) is 42.3 Å². The monoisotopic (exact) mass is 241 g/mol. The molecule has 0 saturated carbocycles. The number of carbonyl (C=O) groups is 1. The average Bonchev–Trinajstić information content (AvgIpc) is 2.71. The Labute approximate surface area is 106 Å². The lowest BCUT2D eigenvalue weighted by Crippen LogP contribution is -2.29. The van der Waals surface area contributed by atoms with Gasteiger partial charge in [-0.25, -0.2) is 4.79 Å². The Morgan fingerprint density at radius 3 is 2.78 bits per heavy atom. The van der Waals surface area contributed by atoms with E-state index in [4.69, 9.17) is 0 Å². The highest BCUT2D eigenvalue weighted by Gasteiger charge is 2.25. The number of hydrogen-bond acceptors (Lipinski definition) is 2. The maximum Gasteiger partial charge on any atom is 0.320 e. The summed E-state index contributed by atoms with van der Waals surface area (Å²) >= 11 is 0. The molecule has 18 heavy (non-hydrogen) atoms. The Balaban J connectivity index is 1.85. The third-order valence-corrected chi connectivity index (χ3v) is 3.31. The lowest BCUT2D eigenvalue weighted by molar-refractivity contribution is 0.196. The van der Waals surface area contributed by atoms with Crippen LogP contribution in [0.1, 0.15) is 5.69 Å². The van der Waals surface area contributed by atoms with Crippen LogP contribution in [-0.4, -0.2) is 41.0 Å². The smallest absolute Gasteiger partial charge is 0.320 e. The van der Waals surface area contributed by atoms with Crippen LogP contribution in [0.4, 0.5) is 4.79 Å². The van der Waals surface area contributed by atoms with Crippen molar-refractivity contribution in [2.75, 3.05) is 20.1 Å². The molecule has 0 bridgehead atoms. The van der Waals surface area contributed by atoms with Crippen molar-refractivity contribution in [3.63, 3.8) is 0 Å². The van der Waals surface area contributed by atoms with Gasteiger partial charge in [0.2, 0.25) is 0 Å². The molecule has 1 aliphatic heterocycles. The number of urea groups is 1. The number of fused-ring (bicyclic) bond motifs is 1. The van der Waals surface area contributed by atoms with Crippen molar-refractivity contribution in [1.82, 2.24) is 14.8 Å². The van der Waals surface area contributed by atoms with Crippen LogP contribution in [-0.2, 0) is 6.54 Å². The summed E-state index contributed by atoms with van der Waals surface area (Å²) in [5, 5.41) is 1.13. The van der Waals surface area contributed by atoms with E-state index in [1.165, 1.54) is 0 Å². The van der Waals surface area contributed by atoms with Crippen LogP contribution in [0.2, 0.25) is 0 Å². The van der Waals surface area contributed by atoms with Crippen LogP contribution >= 0.6 is 0 Å². The van der Waals surface area contributed by atoms with Crippen molar-refractivity contribution in [2.24, 2.45) is 0 Å². The van der Waals surface area contributed by atoms with Crippen molar-refractivity contribution in [3.8, 4) is 0 Å². The molecule has 0 aliphatic carbocycles. The number of rotatable bonds is 2. The molecule has 0 radical (unpaired) electrons. The van der Waals surface area contributed by atoms with E-state index in [1.54, 1.807) is 4.90 Å². The molecule has 0 atom stereocenters. The van der Waals surface area contributed by atoms with E-state index >= 15 is 0 Å². The quantitative estimate of drug-likeness (QED) is 0.807. The molecule has 0 spiro atoms. The molecule has 1 saturated heterocycles. The van der Waals surface area contributed by atoms with Gasteiger partial charge < -0.3 is 9.80 Å². The van der Waals surface area contributed by atoms with Crippen LogP contribution in [0.3, 0.4) is 0 Å². The van der Waals surface area contributed by atoms with Crippen molar-refractivity contribution >= 4 is 16.9 Å². The van der Waals surface area contributed by atoms with Crippen molar-refractivity contribution in [3.05, 3.63) is 42.1 Å². The molecule has 1 aromatic carbocycles. The zero-order chi connectivity index (χ0) is 12.5. The number of nitrogens with zero attached hydrogens (tertiary/aromatic N) is 3. The normalized spacial score (nSPS) is 15.7. The molecule has 0 N–H and O–H groups in total. The maximum absolute atomic E-state index is 11.8. The number of benzene rings is 1. The SMILES string of the molecule is CN1CCN(Cc2ccc3ccccc3n2)C1=O. The second kappa shape index (κ2) is 4.29. The Hall–Kier alpha value is -2.10. The molecular weight excluding hydrogens is 226 g/mol. The minimum absolute atomic E-state index is 0.0879. The fraction of sp³-hybridized carbons (Fsp3) is 0.286. The van der Waals surface area contributed by atoms with Gasteiger partial charge in [0.25, 0.3) is 0 Å². The first kappa shape index (κ1) is 11.0. The van der Waals surface area contributed by atoms with Crippen molar-refractivity contribution in [2.45, 2.75) is 6.54 Å². The first-order valence-electron chi connectivity index (χ1n) is 6.09. The van der Waals surface area contributed by atoms with Crippen LogP contribution < -0.4 is 0 Å². The second-order valence-corrected chi connectivity index (χ2v) is 4.62. The predicted molar refractivity (Wildman–Crippen MR) is 70.2 cm³/mol. The average molecular weight is 241 g/mol. The zero-order valence-corrected chi connectivity index (χ0v) is 10.3. The van der Waals surface area contributed by atoms with Gasteiger partial charge in [-0.1, -0.05) is 24.3 Å². The topological polar surface area (TPSA) is 36.4 Å². The molecule has 2 aromatic rings. The van der Waals surface area contributed by atoms with Crippen molar-refractivity contribution in [1.29, 1.82) is 0 Å². The minimum atomic E-state index is 0.0879. The first-order valence-corrected chi connectivity index (χ1v) is 6.09. The molecule has 92 valence electrons. The third-order valence-electron chi connectivity index (χ3n) is 3.31. The number of aromatic nitrogens is 1. The molecule has 1 aliphatic rings. The highest BCUT2D eigenvalue weighted by atomic mass is 16.2. The number of hydrogen-bond donors (Lipinski definition) is 0. The third kappa shape index (κ3) is 1.90. The minimum Gasteiger partial charge on any atom is -0.326 e. The highest BCUT2D eigenvalue weighted by Crippen LogP contribution is 2.15. The summed E-state index contributed by atoms with van der Waals surface area (Å²) < 4.78 is 0. The Kier molecular flexibility index (Phi) is 2.63. The molecule has 2 amide bonds. The number of para-hydroxylation sites is 1. The first-order chi connectivity index (χ1) is 8.74. The fourth-order valence-electron chi connectivity index (χ4n) is 2.24. The molecule has 0 unspecified atom stereocenters. The summed E-state index contributed by atoms with van der Waals surface area (Å²) in [6.07, 6.45) is 0. The number of carbonyl (C=O) groups excluding carboxylic acids is 1. The largest absolute Gasteiger partial charge is 0.326 e. The molecular formula is C14H15N3O. The molecule has 1 aromatic heterocycles. The van der Waals surface area contributed by atoms with Gasteiger partial charge in [-0.3, -0.25) is 4.98 Å². The van der Waals surface area contributed by atoms with Crippen LogP contribution in [0.5, 0.6) is 0 Å². The van der Waals surface area contributed by atoms with Gasteiger partial charge in [0.05, 0.1) is 17.8 Å². The summed E-state index contributed by atoms with van der Waals surface area (Å²) in [4.78, 5) is 20.0. The van der Waals surface area contributed by atoms with Gasteiger partial charge in [-0.15, -0.1) is 0 Å². The lowest BCUT2D eigenvalue weighted by atomic mass is 10.2. The molecule has 4 heteroatoms. The van der Waals surface area contributed by atoms with Gasteiger partial charge in [-0.05, 0) is 12.1 Å². The summed E-state index contributed by atoms with van der Waals surface area (Å²) in [6, 6.07) is 12.2. The summed E-state index contributed by atoms with van der Waals surface area (Å²) in [7, 11) is 1.83. The van der Waals surface area contributed by atoms with E-state index in [0.29, 0.717) is 6.54 Å². The number of pyridine rings is 1. The maximum atomic E-state index is 11.8. The Morgan fingerprint density at radius 2 is 2.00 bits per heavy atom. The van der Waals surface area contributed by atoms with Crippen LogP contribution in [0.15, 0.2) is 36.4 Å². The number of amides is 2. The van der Waals surface area contributed by atoms with E-state index in [9.17, 15) is 4.79 Å². The van der Waals surface area contributed by atoms with E-state index in [2.05, 4.69) is 11.1 Å². The summed E-state index contributed by atoms with van der Waals surface area (Å²) in [5.41, 5.74) is 1.92.